The van der Waals surface area contributed by atoms with Crippen molar-refractivity contribution in [2.24, 2.45) is 0 Å². The summed E-state index contributed by atoms with van der Waals surface area (Å²) in [5.41, 5.74) is 2.12. The fraction of sp³-hybridized carbons (Fsp3) is 0.429. The minimum Gasteiger partial charge on any atom is -0.376 e. The number of fused-ring (bicyclic) bond motifs is 1. The molecule has 216 valence electrons. The zero-order valence-corrected chi connectivity index (χ0v) is 24.4. The molecular formula is C28H31N5O6S2. The summed E-state index contributed by atoms with van der Waals surface area (Å²) in [5, 5.41) is 5.10. The van der Waals surface area contributed by atoms with Gasteiger partial charge in [0.05, 0.1) is 41.8 Å². The summed E-state index contributed by atoms with van der Waals surface area (Å²) in [6.07, 6.45) is 0.734. The van der Waals surface area contributed by atoms with E-state index in [4.69, 9.17) is 14.5 Å². The first-order valence-electron chi connectivity index (χ1n) is 13.6. The van der Waals surface area contributed by atoms with Gasteiger partial charge in [-0.3, -0.25) is 9.59 Å². The van der Waals surface area contributed by atoms with Crippen LogP contribution in [0.1, 0.15) is 36.2 Å². The number of carbonyl (C=O) groups excluding carboxylic acids is 2. The molecule has 3 atom stereocenters. The molecule has 11 nitrogen and oxygen atoms in total. The number of pyridine rings is 1. The molecule has 3 aromatic rings. The number of carbonyl (C=O) groups is 2. The van der Waals surface area contributed by atoms with E-state index in [0.717, 1.165) is 18.9 Å². The molecule has 3 aliphatic rings. The molecule has 1 N–H and O–H groups in total. The zero-order valence-electron chi connectivity index (χ0n) is 22.8. The van der Waals surface area contributed by atoms with E-state index in [-0.39, 0.29) is 53.4 Å². The first-order chi connectivity index (χ1) is 19.7. The van der Waals surface area contributed by atoms with Crippen LogP contribution in [-0.4, -0.2) is 85.3 Å². The molecule has 0 radical (unpaired) electrons. The van der Waals surface area contributed by atoms with Gasteiger partial charge in [-0.2, -0.15) is 0 Å². The average Bonchev–Trinajstić information content (AvgIpc) is 3.32. The van der Waals surface area contributed by atoms with Gasteiger partial charge in [-0.1, -0.05) is 12.1 Å². The summed E-state index contributed by atoms with van der Waals surface area (Å²) in [6.45, 7) is 6.30. The Morgan fingerprint density at radius 3 is 2.63 bits per heavy atom. The van der Waals surface area contributed by atoms with E-state index in [0.29, 0.717) is 35.0 Å². The van der Waals surface area contributed by atoms with Crippen LogP contribution in [0.3, 0.4) is 0 Å². The third-order valence-electron chi connectivity index (χ3n) is 7.46. The van der Waals surface area contributed by atoms with Crippen LogP contribution in [0.15, 0.2) is 46.7 Å². The Bertz CT molecular complexity index is 1580. The van der Waals surface area contributed by atoms with Crippen LogP contribution in [0.4, 0.5) is 10.9 Å². The molecule has 3 aliphatic heterocycles. The molecule has 2 aromatic heterocycles. The van der Waals surface area contributed by atoms with Crippen LogP contribution in [0.25, 0.3) is 11.4 Å². The number of aromatic nitrogens is 2. The SMILES string of the molecule is C[C@@H]1CN(c2cccc(-c3csc(NC(=O)[C@@H]4CCN4C(=O)c4ccc5c(c4)S(=O)(=O)CCOC5)n3)n2)C[C@H](C)O1. The number of nitrogens with one attached hydrogen (secondary N) is 1. The van der Waals surface area contributed by atoms with Gasteiger partial charge in [0.1, 0.15) is 17.6 Å². The van der Waals surface area contributed by atoms with Gasteiger partial charge in [0.15, 0.2) is 15.0 Å². The summed E-state index contributed by atoms with van der Waals surface area (Å²) in [4.78, 5) is 39.5. The van der Waals surface area contributed by atoms with Crippen molar-refractivity contribution in [3.63, 3.8) is 0 Å². The van der Waals surface area contributed by atoms with E-state index in [9.17, 15) is 18.0 Å². The van der Waals surface area contributed by atoms with Crippen LogP contribution >= 0.6 is 11.3 Å². The maximum absolute atomic E-state index is 13.3. The number of benzene rings is 1. The Hall–Kier alpha value is -3.39. The molecule has 13 heteroatoms. The van der Waals surface area contributed by atoms with E-state index in [2.05, 4.69) is 15.2 Å². The number of hydrogen-bond donors (Lipinski definition) is 1. The van der Waals surface area contributed by atoms with Crippen molar-refractivity contribution in [1.29, 1.82) is 0 Å². The summed E-state index contributed by atoms with van der Waals surface area (Å²) < 4.78 is 36.5. The van der Waals surface area contributed by atoms with Gasteiger partial charge in [-0.25, -0.2) is 18.4 Å². The summed E-state index contributed by atoms with van der Waals surface area (Å²) >= 11 is 1.29. The molecule has 0 bridgehead atoms. The predicted octanol–water partition coefficient (Wildman–Crippen LogP) is 2.98. The third kappa shape index (κ3) is 5.71. The second-order valence-electron chi connectivity index (χ2n) is 10.6. The Morgan fingerprint density at radius 1 is 1.07 bits per heavy atom. The lowest BCUT2D eigenvalue weighted by Gasteiger charge is -2.39. The van der Waals surface area contributed by atoms with E-state index in [1.165, 1.54) is 22.3 Å². The van der Waals surface area contributed by atoms with Crippen molar-refractivity contribution in [2.75, 3.05) is 42.2 Å². The smallest absolute Gasteiger partial charge is 0.254 e. The second-order valence-corrected chi connectivity index (χ2v) is 13.5. The largest absolute Gasteiger partial charge is 0.376 e. The summed E-state index contributed by atoms with van der Waals surface area (Å²) in [5.74, 6) is 0.00412. The molecule has 0 spiro atoms. The maximum Gasteiger partial charge on any atom is 0.254 e. The van der Waals surface area contributed by atoms with Crippen molar-refractivity contribution >= 4 is 43.9 Å². The molecular weight excluding hydrogens is 566 g/mol. The Kier molecular flexibility index (Phi) is 7.53. The number of morpholine rings is 1. The predicted molar refractivity (Wildman–Crippen MR) is 154 cm³/mol. The Balaban J connectivity index is 1.13. The van der Waals surface area contributed by atoms with Gasteiger partial charge in [-0.05, 0) is 50.1 Å². The monoisotopic (exact) mass is 597 g/mol. The van der Waals surface area contributed by atoms with Crippen LogP contribution in [-0.2, 0) is 30.7 Å². The summed E-state index contributed by atoms with van der Waals surface area (Å²) in [6, 6.07) is 9.74. The first-order valence-corrected chi connectivity index (χ1v) is 16.1. The van der Waals surface area contributed by atoms with Crippen LogP contribution in [0.2, 0.25) is 0 Å². The number of nitrogens with zero attached hydrogens (tertiary/aromatic N) is 4. The highest BCUT2D eigenvalue weighted by Crippen LogP contribution is 2.29. The van der Waals surface area contributed by atoms with Crippen LogP contribution in [0, 0.1) is 0 Å². The fourth-order valence-electron chi connectivity index (χ4n) is 5.37. The maximum atomic E-state index is 13.3. The summed E-state index contributed by atoms with van der Waals surface area (Å²) in [7, 11) is -3.55. The molecule has 0 aliphatic carbocycles. The molecule has 2 amide bonds. The highest BCUT2D eigenvalue weighted by molar-refractivity contribution is 7.91. The number of hydrogen-bond acceptors (Lipinski definition) is 10. The lowest BCUT2D eigenvalue weighted by molar-refractivity contribution is -0.123. The van der Waals surface area contributed by atoms with Crippen molar-refractivity contribution < 1.29 is 27.5 Å². The average molecular weight is 598 g/mol. The number of rotatable bonds is 5. The van der Waals surface area contributed by atoms with Crippen LogP contribution in [0.5, 0.6) is 0 Å². The lowest BCUT2D eigenvalue weighted by atomic mass is 10.00. The molecule has 1 aromatic carbocycles. The molecule has 0 saturated carbocycles. The van der Waals surface area contributed by atoms with Crippen LogP contribution < -0.4 is 10.2 Å². The van der Waals surface area contributed by atoms with Crippen molar-refractivity contribution in [3.05, 3.63) is 52.9 Å². The van der Waals surface area contributed by atoms with E-state index in [1.54, 1.807) is 12.1 Å². The topological polar surface area (TPSA) is 131 Å². The lowest BCUT2D eigenvalue weighted by Crippen LogP contribution is -2.56. The van der Waals surface area contributed by atoms with E-state index >= 15 is 0 Å². The number of amides is 2. The van der Waals surface area contributed by atoms with Gasteiger partial charge in [0, 0.05) is 30.6 Å². The molecule has 2 fully saturated rings. The normalized spacial score (nSPS) is 23.7. The number of likely N-dealkylation sites (tertiary alicyclic amines) is 1. The van der Waals surface area contributed by atoms with Gasteiger partial charge in [0.25, 0.3) is 5.91 Å². The van der Waals surface area contributed by atoms with Gasteiger partial charge >= 0.3 is 0 Å². The third-order valence-corrected chi connectivity index (χ3v) is 9.97. The highest BCUT2D eigenvalue weighted by atomic mass is 32.2. The molecule has 0 unspecified atom stereocenters. The highest BCUT2D eigenvalue weighted by Gasteiger charge is 2.39. The van der Waals surface area contributed by atoms with E-state index < -0.39 is 15.9 Å². The number of anilines is 2. The standard InChI is InChI=1S/C28H31N5O6S2/c1-17-13-32(14-18(2)39-17)25-5-3-4-21(29-25)22-16-40-28(30-22)31-26(34)23-8-9-33(23)27(35)19-6-7-20-15-38-10-11-41(36,37)24(20)12-19/h3-7,12,16-18,23H,8-11,13-15H2,1-2H3,(H,30,31,34)/t17-,18+,23-/m0/s1. The zero-order chi connectivity index (χ0) is 28.7. The van der Waals surface area contributed by atoms with Gasteiger partial charge in [0.2, 0.25) is 5.91 Å². The fourth-order valence-corrected chi connectivity index (χ4v) is 7.47. The van der Waals surface area contributed by atoms with E-state index in [1.807, 2.05) is 37.4 Å². The van der Waals surface area contributed by atoms with Gasteiger partial charge < -0.3 is 24.6 Å². The first kappa shape index (κ1) is 27.8. The van der Waals surface area contributed by atoms with Crippen molar-refractivity contribution in [3.8, 4) is 11.4 Å². The molecule has 5 heterocycles. The van der Waals surface area contributed by atoms with Crippen molar-refractivity contribution in [1.82, 2.24) is 14.9 Å². The minimum atomic E-state index is -3.55. The molecule has 41 heavy (non-hydrogen) atoms. The number of sulfone groups is 1. The van der Waals surface area contributed by atoms with Crippen molar-refractivity contribution in [2.45, 2.75) is 50.0 Å². The van der Waals surface area contributed by atoms with Gasteiger partial charge in [-0.15, -0.1) is 11.3 Å². The Labute approximate surface area is 242 Å². The number of thiazole rings is 1. The quantitative estimate of drug-likeness (QED) is 0.472. The molecule has 2 saturated heterocycles. The Morgan fingerprint density at radius 2 is 1.88 bits per heavy atom. The minimum absolute atomic E-state index is 0.112. The second kappa shape index (κ2) is 11.1. The molecule has 6 rings (SSSR count). The number of ether oxygens (including phenoxy) is 2.